The van der Waals surface area contributed by atoms with Crippen LogP contribution < -0.4 is 0 Å². The van der Waals surface area contributed by atoms with E-state index in [4.69, 9.17) is 9.05 Å². The normalized spacial score (nSPS) is 11.7. The van der Waals surface area contributed by atoms with E-state index in [1.807, 2.05) is 18.2 Å². The molecule has 1 aromatic carbocycles. The summed E-state index contributed by atoms with van der Waals surface area (Å²) < 4.78 is 23.9. The number of unbranched alkanes of at least 4 members (excludes halogenated alkanes) is 2. The van der Waals surface area contributed by atoms with Crippen molar-refractivity contribution in [2.45, 2.75) is 44.9 Å². The monoisotopic (exact) mass is 364 g/mol. The van der Waals surface area contributed by atoms with Crippen molar-refractivity contribution in [1.29, 1.82) is 0 Å². The number of hydrogen-bond donors (Lipinski definition) is 0. The summed E-state index contributed by atoms with van der Waals surface area (Å²) in [7, 11) is 0. The maximum atomic E-state index is 12.7. The average molecular weight is 363 g/mol. The van der Waals surface area contributed by atoms with Crippen molar-refractivity contribution in [2.75, 3.05) is 13.2 Å². The van der Waals surface area contributed by atoms with Gasteiger partial charge in [0.25, 0.3) is 0 Å². The Hall–Kier alpha value is -0.111. The fourth-order valence-corrected chi connectivity index (χ4v) is 6.93. The summed E-state index contributed by atoms with van der Waals surface area (Å²) >= 11 is -0.157. The van der Waals surface area contributed by atoms with Crippen LogP contribution in [0.1, 0.15) is 45.1 Å². The van der Waals surface area contributed by atoms with E-state index in [2.05, 4.69) is 26.0 Å². The van der Waals surface area contributed by atoms with Crippen molar-refractivity contribution in [3.05, 3.63) is 35.9 Å². The minimum atomic E-state index is -2.88. The van der Waals surface area contributed by atoms with Gasteiger partial charge in [-0.15, -0.1) is 0 Å². The Morgan fingerprint density at radius 2 is 1.55 bits per heavy atom. The second kappa shape index (κ2) is 10.6. The summed E-state index contributed by atoms with van der Waals surface area (Å²) in [5.74, 6) is 0. The Balaban J connectivity index is 2.49. The molecule has 0 saturated heterocycles. The van der Waals surface area contributed by atoms with Gasteiger partial charge in [0.15, 0.2) is 0 Å². The van der Waals surface area contributed by atoms with Crippen molar-refractivity contribution in [1.82, 2.24) is 0 Å². The third-order valence-corrected chi connectivity index (χ3v) is 9.00. The zero-order valence-corrected chi connectivity index (χ0v) is 15.0. The van der Waals surface area contributed by atoms with Gasteiger partial charge in [0.05, 0.1) is 0 Å². The quantitative estimate of drug-likeness (QED) is 0.327. The first-order valence-corrected chi connectivity index (χ1v) is 12.2. The van der Waals surface area contributed by atoms with Crippen LogP contribution in [-0.4, -0.2) is 27.7 Å². The molecule has 1 aromatic rings. The third kappa shape index (κ3) is 7.61. The van der Waals surface area contributed by atoms with E-state index in [0.717, 1.165) is 31.0 Å². The number of hydrogen-bond acceptors (Lipinski definition) is 3. The van der Waals surface area contributed by atoms with Crippen LogP contribution in [0.25, 0.3) is 0 Å². The summed E-state index contributed by atoms with van der Waals surface area (Å²) in [4.78, 5) is 0. The molecule has 0 fully saturated rings. The first kappa shape index (κ1) is 17.9. The molecule has 0 amide bonds. The van der Waals surface area contributed by atoms with Crippen molar-refractivity contribution in [3.8, 4) is 0 Å². The Bertz CT molecular complexity index is 383. The molecule has 20 heavy (non-hydrogen) atoms. The molecular weight excluding hydrogens is 338 g/mol. The predicted molar refractivity (Wildman–Crippen MR) is 85.2 cm³/mol. The Morgan fingerprint density at radius 1 is 1.00 bits per heavy atom. The molecule has 0 aliphatic rings. The Kier molecular flexibility index (Phi) is 9.50. The predicted octanol–water partition coefficient (Wildman–Crippen LogP) is 4.63. The second-order valence-corrected chi connectivity index (χ2v) is 11.3. The van der Waals surface area contributed by atoms with Crippen LogP contribution in [0.15, 0.2) is 30.3 Å². The van der Waals surface area contributed by atoms with Gasteiger partial charge in [-0.25, -0.2) is 0 Å². The molecule has 0 aliphatic carbocycles. The van der Waals surface area contributed by atoms with E-state index in [1.165, 1.54) is 5.56 Å². The van der Waals surface area contributed by atoms with Gasteiger partial charge in [-0.2, -0.15) is 0 Å². The molecule has 0 heterocycles. The molecule has 0 bridgehead atoms. The minimum absolute atomic E-state index is 0.157. The van der Waals surface area contributed by atoms with E-state index >= 15 is 0 Å². The number of rotatable bonds is 11. The molecule has 0 saturated carbocycles. The van der Waals surface area contributed by atoms with Crippen molar-refractivity contribution in [3.63, 3.8) is 0 Å². The average Bonchev–Trinajstić information content (AvgIpc) is 2.47. The Morgan fingerprint density at radius 3 is 2.05 bits per heavy atom. The topological polar surface area (TPSA) is 35.5 Å². The van der Waals surface area contributed by atoms with Crippen LogP contribution in [0.4, 0.5) is 0 Å². The summed E-state index contributed by atoms with van der Waals surface area (Å²) in [5.41, 5.74) is 1.20. The van der Waals surface area contributed by atoms with Gasteiger partial charge in [-0.3, -0.25) is 0 Å². The SMILES string of the molecule is CCCCOP(=O)(OCCCC)[Se]Cc1ccccc1. The van der Waals surface area contributed by atoms with E-state index in [1.54, 1.807) is 0 Å². The third-order valence-electron chi connectivity index (χ3n) is 2.73. The molecular formula is C15H25O3PSe. The van der Waals surface area contributed by atoms with E-state index in [0.29, 0.717) is 13.2 Å². The fourth-order valence-electron chi connectivity index (χ4n) is 1.48. The van der Waals surface area contributed by atoms with E-state index in [-0.39, 0.29) is 14.5 Å². The standard InChI is InChI=1S/C15H25O3PSe/c1-3-5-12-17-19(16,18-13-6-4-2)20-14-15-10-8-7-9-11-15/h7-11H,3-6,12-14H2,1-2H3. The van der Waals surface area contributed by atoms with Gasteiger partial charge in [-0.1, -0.05) is 0 Å². The first-order chi connectivity index (χ1) is 9.70. The zero-order valence-electron chi connectivity index (χ0n) is 12.4. The van der Waals surface area contributed by atoms with Crippen molar-refractivity contribution >= 4 is 20.8 Å². The molecule has 0 spiro atoms. The summed E-state index contributed by atoms with van der Waals surface area (Å²) in [6.07, 6.45) is 1.07. The molecule has 114 valence electrons. The second-order valence-electron chi connectivity index (χ2n) is 4.58. The van der Waals surface area contributed by atoms with Crippen LogP contribution in [0.5, 0.6) is 0 Å². The van der Waals surface area contributed by atoms with Crippen molar-refractivity contribution in [2.24, 2.45) is 0 Å². The van der Waals surface area contributed by atoms with E-state index < -0.39 is 6.29 Å². The van der Waals surface area contributed by atoms with Crippen molar-refractivity contribution < 1.29 is 13.6 Å². The van der Waals surface area contributed by atoms with E-state index in [9.17, 15) is 4.57 Å². The number of benzene rings is 1. The molecule has 0 aliphatic heterocycles. The van der Waals surface area contributed by atoms with Gasteiger partial charge >= 0.3 is 128 Å². The maximum absolute atomic E-state index is 12.7. The van der Waals surface area contributed by atoms with Crippen LogP contribution in [0.2, 0.25) is 0 Å². The molecule has 0 atom stereocenters. The first-order valence-electron chi connectivity index (χ1n) is 7.27. The zero-order chi connectivity index (χ0) is 14.7. The van der Waals surface area contributed by atoms with Gasteiger partial charge in [0.2, 0.25) is 0 Å². The van der Waals surface area contributed by atoms with Crippen LogP contribution in [0.3, 0.4) is 0 Å². The van der Waals surface area contributed by atoms with Gasteiger partial charge in [-0.05, 0) is 0 Å². The molecule has 1 rings (SSSR count). The van der Waals surface area contributed by atoms with Gasteiger partial charge in [0, 0.05) is 0 Å². The van der Waals surface area contributed by atoms with Crippen LogP contribution in [-0.2, 0) is 18.9 Å². The van der Waals surface area contributed by atoms with Crippen LogP contribution in [0, 0.1) is 0 Å². The molecule has 0 aromatic heterocycles. The summed E-state index contributed by atoms with van der Waals surface area (Å²) in [6.45, 7) is 5.27. The molecule has 0 N–H and O–H groups in total. The summed E-state index contributed by atoms with van der Waals surface area (Å²) in [6, 6.07) is 10.1. The Labute approximate surface area is 128 Å². The summed E-state index contributed by atoms with van der Waals surface area (Å²) in [5, 5.41) is 0.795. The van der Waals surface area contributed by atoms with Gasteiger partial charge in [0.1, 0.15) is 0 Å². The molecule has 0 radical (unpaired) electrons. The molecule has 0 unspecified atom stereocenters. The molecule has 3 nitrogen and oxygen atoms in total. The van der Waals surface area contributed by atoms with Crippen LogP contribution >= 0.6 is 6.29 Å². The molecule has 5 heteroatoms. The fraction of sp³-hybridized carbons (Fsp3) is 0.600. The van der Waals surface area contributed by atoms with Gasteiger partial charge < -0.3 is 0 Å².